The summed E-state index contributed by atoms with van der Waals surface area (Å²) in [5.74, 6) is -0.718. The van der Waals surface area contributed by atoms with Gasteiger partial charge in [0.25, 0.3) is 0 Å². The monoisotopic (exact) mass is 1140 g/mol. The summed E-state index contributed by atoms with van der Waals surface area (Å²) in [6.45, 7) is 27.4. The third kappa shape index (κ3) is 9.96. The van der Waals surface area contributed by atoms with Gasteiger partial charge in [-0.2, -0.15) is 0 Å². The Balaban J connectivity index is 1.25. The third-order valence-electron chi connectivity index (χ3n) is 18.5. The maximum absolute atomic E-state index is 17.1. The third-order valence-corrected chi connectivity index (χ3v) is 18.5. The fourth-order valence-corrected chi connectivity index (χ4v) is 13.8. The van der Waals surface area contributed by atoms with E-state index in [4.69, 9.17) is 0 Å². The molecular weight excluding hydrogens is 1060 g/mol. The molecule has 0 radical (unpaired) electrons. The summed E-state index contributed by atoms with van der Waals surface area (Å²) in [4.78, 5) is 2.38. The van der Waals surface area contributed by atoms with Gasteiger partial charge in [0.2, 0.25) is 6.71 Å². The lowest BCUT2D eigenvalue weighted by Gasteiger charge is -2.49. The fourth-order valence-electron chi connectivity index (χ4n) is 13.8. The highest BCUT2D eigenvalue weighted by molar-refractivity contribution is 6.99. The normalized spacial score (nSPS) is 13.7. The highest BCUT2D eigenvalue weighted by Crippen LogP contribution is 2.54. The molecule has 0 aliphatic carbocycles. The second-order valence-corrected chi connectivity index (χ2v) is 28.4. The van der Waals surface area contributed by atoms with Crippen molar-refractivity contribution in [3.63, 3.8) is 0 Å². The van der Waals surface area contributed by atoms with E-state index in [2.05, 4.69) is 264 Å². The fraction of sp³-hybridized carbons (Fsp3) is 0.205. The Morgan fingerprint density at radius 3 is 1.17 bits per heavy atom. The predicted octanol–water partition coefficient (Wildman–Crippen LogP) is 20.5. The van der Waals surface area contributed by atoms with Crippen molar-refractivity contribution >= 4 is 40.2 Å². The van der Waals surface area contributed by atoms with E-state index in [0.29, 0.717) is 27.9 Å². The largest absolute Gasteiger partial charge is 0.310 e. The lowest BCUT2D eigenvalue weighted by Crippen LogP contribution is -2.65. The van der Waals surface area contributed by atoms with Gasteiger partial charge in [0.05, 0.1) is 11.1 Å². The van der Waals surface area contributed by atoms with Gasteiger partial charge in [-0.05, 0) is 141 Å². The lowest BCUT2D eigenvalue weighted by molar-refractivity contribution is 0.568. The number of benzene rings is 11. The first-order chi connectivity index (χ1) is 41.5. The molecular formula is C83H76BF2N. The summed E-state index contributed by atoms with van der Waals surface area (Å²) in [5.41, 5.74) is 23.2. The first kappa shape index (κ1) is 57.2. The Morgan fingerprint density at radius 1 is 0.310 bits per heavy atom. The SMILES string of the molecule is CC(C)(C)c1cc(-c2ccc3c(c2)B2c4cc(-c5cc(C(C)(C)C)cc(C(C)(C)C)c5)ccc4C(c4ccccc4)(c4ccccc4)c4cc(-c5ccccc5)cc(c42)N3c2c(-c3ccccc3F)cccc2-c2ccccc2F)cc(C(C)(C)C)c1. The number of hydrogen-bond acceptors (Lipinski definition) is 1. The van der Waals surface area contributed by atoms with Crippen molar-refractivity contribution in [3.05, 3.63) is 299 Å². The van der Waals surface area contributed by atoms with Crippen molar-refractivity contribution in [2.75, 3.05) is 4.90 Å². The zero-order chi connectivity index (χ0) is 61.0. The van der Waals surface area contributed by atoms with Crippen LogP contribution in [0.3, 0.4) is 0 Å². The van der Waals surface area contributed by atoms with E-state index in [1.807, 2.05) is 42.5 Å². The van der Waals surface area contributed by atoms with Crippen LogP contribution in [0.5, 0.6) is 0 Å². The van der Waals surface area contributed by atoms with Crippen molar-refractivity contribution in [1.82, 2.24) is 0 Å². The van der Waals surface area contributed by atoms with Crippen molar-refractivity contribution in [2.45, 2.75) is 110 Å². The number of halogens is 2. The smallest absolute Gasteiger partial charge is 0.247 e. The summed E-state index contributed by atoms with van der Waals surface area (Å²) in [7, 11) is 0. The molecule has 0 spiro atoms. The molecule has 4 heteroatoms. The molecule has 0 saturated carbocycles. The van der Waals surface area contributed by atoms with E-state index >= 15 is 8.78 Å². The molecule has 0 aromatic heterocycles. The van der Waals surface area contributed by atoms with Crippen LogP contribution >= 0.6 is 0 Å². The Kier molecular flexibility index (Phi) is 14.0. The van der Waals surface area contributed by atoms with Crippen LogP contribution < -0.4 is 21.3 Å². The molecule has 2 aliphatic heterocycles. The number of fused-ring (bicyclic) bond motifs is 4. The summed E-state index contributed by atoms with van der Waals surface area (Å²) >= 11 is 0. The van der Waals surface area contributed by atoms with E-state index < -0.39 is 5.41 Å². The molecule has 0 atom stereocenters. The molecule has 13 rings (SSSR count). The first-order valence-electron chi connectivity index (χ1n) is 30.9. The summed E-state index contributed by atoms with van der Waals surface area (Å²) < 4.78 is 34.2. The minimum absolute atomic E-state index is 0.107. The van der Waals surface area contributed by atoms with Gasteiger partial charge in [-0.3, -0.25) is 0 Å². The number of anilines is 3. The summed E-state index contributed by atoms with van der Waals surface area (Å²) in [6, 6.07) is 86.5. The summed E-state index contributed by atoms with van der Waals surface area (Å²) in [6.07, 6.45) is 0. The molecule has 2 aliphatic rings. The molecule has 0 bridgehead atoms. The lowest BCUT2D eigenvalue weighted by atomic mass is 9.29. The second kappa shape index (κ2) is 21.2. The first-order valence-corrected chi connectivity index (χ1v) is 30.9. The van der Waals surface area contributed by atoms with Gasteiger partial charge >= 0.3 is 0 Å². The van der Waals surface area contributed by atoms with Gasteiger partial charge in [0.1, 0.15) is 11.6 Å². The van der Waals surface area contributed by atoms with E-state index in [9.17, 15) is 0 Å². The summed E-state index contributed by atoms with van der Waals surface area (Å²) in [5, 5.41) is 0. The Labute approximate surface area is 515 Å². The number of nitrogens with zero attached hydrogens (tertiary/aromatic N) is 1. The van der Waals surface area contributed by atoms with Crippen molar-refractivity contribution in [3.8, 4) is 55.6 Å². The maximum atomic E-state index is 17.1. The molecule has 430 valence electrons. The zero-order valence-corrected chi connectivity index (χ0v) is 52.4. The van der Waals surface area contributed by atoms with Crippen LogP contribution in [0.2, 0.25) is 0 Å². The standard InChI is InChI=1S/C83H76BF2N/c1-79(2,3)61-43-56(44-62(51-61)80(4,5)6)54-39-41-69-71(48-54)84-72-49-55(57-45-63(81(7,8)9)52-64(46-57)82(10,11)12)40-42-75(72)87(78-67(65-33-22-24-37-73(65)85)35-26-36-68(78)66-34-23-25-38-74(66)86)76-50-58(53-27-16-13-17-28-53)47-70(77(76)84)83(69,59-29-18-14-19-30-59)60-31-20-15-21-32-60/h13-52H,1-12H3. The molecule has 0 N–H and O–H groups in total. The highest BCUT2D eigenvalue weighted by atomic mass is 19.1. The molecule has 87 heavy (non-hydrogen) atoms. The van der Waals surface area contributed by atoms with Crippen molar-refractivity contribution < 1.29 is 8.78 Å². The van der Waals surface area contributed by atoms with Crippen LogP contribution in [-0.2, 0) is 27.1 Å². The zero-order valence-electron chi connectivity index (χ0n) is 52.4. The molecule has 11 aromatic carbocycles. The van der Waals surface area contributed by atoms with E-state index in [1.165, 1.54) is 51.0 Å². The van der Waals surface area contributed by atoms with E-state index in [0.717, 1.165) is 66.8 Å². The minimum atomic E-state index is -0.881. The molecule has 11 aromatic rings. The quantitative estimate of drug-likeness (QED) is 0.137. The van der Waals surface area contributed by atoms with Crippen LogP contribution in [0.4, 0.5) is 25.8 Å². The second-order valence-electron chi connectivity index (χ2n) is 28.4. The molecule has 2 heterocycles. The van der Waals surface area contributed by atoms with Gasteiger partial charge in [0, 0.05) is 33.6 Å². The minimum Gasteiger partial charge on any atom is -0.310 e. The van der Waals surface area contributed by atoms with Gasteiger partial charge in [-0.25, -0.2) is 8.78 Å². The van der Waals surface area contributed by atoms with Crippen LogP contribution in [0.15, 0.2) is 243 Å². The molecule has 0 fully saturated rings. The average Bonchev–Trinajstić information content (AvgIpc) is 0.707. The van der Waals surface area contributed by atoms with Crippen LogP contribution in [0.25, 0.3) is 55.6 Å². The highest BCUT2D eigenvalue weighted by Gasteiger charge is 2.52. The van der Waals surface area contributed by atoms with Crippen molar-refractivity contribution in [2.24, 2.45) is 0 Å². The van der Waals surface area contributed by atoms with E-state index in [-0.39, 0.29) is 40.0 Å². The van der Waals surface area contributed by atoms with Crippen molar-refractivity contribution in [1.29, 1.82) is 0 Å². The number of rotatable bonds is 8. The van der Waals surface area contributed by atoms with Crippen LogP contribution in [0, 0.1) is 11.6 Å². The molecule has 0 saturated heterocycles. The van der Waals surface area contributed by atoms with E-state index in [1.54, 1.807) is 12.1 Å². The maximum Gasteiger partial charge on any atom is 0.247 e. The van der Waals surface area contributed by atoms with Gasteiger partial charge in [-0.15, -0.1) is 0 Å². The van der Waals surface area contributed by atoms with Gasteiger partial charge in [-0.1, -0.05) is 301 Å². The number of para-hydroxylation sites is 1. The Bertz CT molecular complexity index is 4290. The Morgan fingerprint density at radius 2 is 0.713 bits per heavy atom. The van der Waals surface area contributed by atoms with Crippen LogP contribution in [-0.4, -0.2) is 6.71 Å². The van der Waals surface area contributed by atoms with Gasteiger partial charge in [0.15, 0.2) is 0 Å². The topological polar surface area (TPSA) is 3.24 Å². The van der Waals surface area contributed by atoms with Gasteiger partial charge < -0.3 is 4.90 Å². The molecule has 1 nitrogen and oxygen atoms in total. The molecule has 0 unspecified atom stereocenters. The predicted molar refractivity (Wildman–Crippen MR) is 366 cm³/mol. The molecule has 0 amide bonds. The Hall–Kier alpha value is -8.86. The number of hydrogen-bond donors (Lipinski definition) is 0. The van der Waals surface area contributed by atoms with Crippen LogP contribution in [0.1, 0.15) is 128 Å². The average molecular weight is 1140 g/mol.